The number of hydrogen-bond donors (Lipinski definition) is 1. The molecule has 3 heterocycles. The van der Waals surface area contributed by atoms with Crippen LogP contribution in [0.2, 0.25) is 0 Å². The predicted molar refractivity (Wildman–Crippen MR) is 122 cm³/mol. The minimum absolute atomic E-state index is 0.0221. The number of hydrogen-bond acceptors (Lipinski definition) is 5. The summed E-state index contributed by atoms with van der Waals surface area (Å²) in [6, 6.07) is 12.2. The maximum absolute atomic E-state index is 13.1. The Labute approximate surface area is 183 Å². The highest BCUT2D eigenvalue weighted by Crippen LogP contribution is 2.27. The van der Waals surface area contributed by atoms with Crippen LogP contribution >= 0.6 is 0 Å². The highest BCUT2D eigenvalue weighted by molar-refractivity contribution is 5.92. The Kier molecular flexibility index (Phi) is 6.02. The first-order valence-electron chi connectivity index (χ1n) is 10.8. The highest BCUT2D eigenvalue weighted by Gasteiger charge is 2.27. The minimum atomic E-state index is -0.0938. The van der Waals surface area contributed by atoms with E-state index in [0.29, 0.717) is 6.54 Å². The van der Waals surface area contributed by atoms with Gasteiger partial charge in [0.05, 0.1) is 18.4 Å². The Morgan fingerprint density at radius 1 is 1.13 bits per heavy atom. The average Bonchev–Trinajstić information content (AvgIpc) is 3.18. The standard InChI is InChI=1S/C24H30N6O/c1-24(2,3)20-15-21(30(28-20)17-18-7-5-4-6-8-18)27-23(31)19-9-13-29(14-10-19)22-16-25-11-12-26-22/h4-8,11-12,15-16,19H,9-10,13-14,17H2,1-3H3,(H,27,31). The summed E-state index contributed by atoms with van der Waals surface area (Å²) in [7, 11) is 0. The quantitative estimate of drug-likeness (QED) is 0.681. The fraction of sp³-hybridized carbons (Fsp3) is 0.417. The number of nitrogens with zero attached hydrogens (tertiary/aromatic N) is 5. The van der Waals surface area contributed by atoms with E-state index in [2.05, 4.69) is 53.1 Å². The molecular weight excluding hydrogens is 388 g/mol. The summed E-state index contributed by atoms with van der Waals surface area (Å²) in [6.07, 6.45) is 6.74. The van der Waals surface area contributed by atoms with Crippen molar-refractivity contribution in [3.05, 3.63) is 66.2 Å². The van der Waals surface area contributed by atoms with Gasteiger partial charge in [0, 0.05) is 42.9 Å². The van der Waals surface area contributed by atoms with Gasteiger partial charge in [0.2, 0.25) is 5.91 Å². The molecule has 0 atom stereocenters. The van der Waals surface area contributed by atoms with Crippen molar-refractivity contribution in [1.82, 2.24) is 19.7 Å². The van der Waals surface area contributed by atoms with Gasteiger partial charge in [-0.2, -0.15) is 5.10 Å². The van der Waals surface area contributed by atoms with E-state index in [1.165, 1.54) is 0 Å². The van der Waals surface area contributed by atoms with E-state index >= 15 is 0 Å². The monoisotopic (exact) mass is 418 g/mol. The zero-order chi connectivity index (χ0) is 21.8. The molecule has 2 aromatic heterocycles. The molecule has 1 aliphatic rings. The lowest BCUT2D eigenvalue weighted by atomic mass is 9.92. The lowest BCUT2D eigenvalue weighted by molar-refractivity contribution is -0.120. The van der Waals surface area contributed by atoms with Crippen molar-refractivity contribution < 1.29 is 4.79 Å². The summed E-state index contributed by atoms with van der Waals surface area (Å²) >= 11 is 0. The van der Waals surface area contributed by atoms with Crippen molar-refractivity contribution in [2.75, 3.05) is 23.3 Å². The molecule has 1 amide bonds. The van der Waals surface area contributed by atoms with Crippen LogP contribution in [0.15, 0.2) is 55.0 Å². The third-order valence-electron chi connectivity index (χ3n) is 5.71. The van der Waals surface area contributed by atoms with Crippen LogP contribution in [0.25, 0.3) is 0 Å². The molecule has 7 heteroatoms. The van der Waals surface area contributed by atoms with Crippen LogP contribution in [-0.2, 0) is 16.8 Å². The molecule has 162 valence electrons. The van der Waals surface area contributed by atoms with Gasteiger partial charge in [-0.25, -0.2) is 9.67 Å². The molecule has 4 rings (SSSR count). The molecule has 0 radical (unpaired) electrons. The first-order chi connectivity index (χ1) is 14.9. The Morgan fingerprint density at radius 3 is 2.52 bits per heavy atom. The lowest BCUT2D eigenvalue weighted by Crippen LogP contribution is -2.38. The normalized spacial score (nSPS) is 15.1. The van der Waals surface area contributed by atoms with E-state index < -0.39 is 0 Å². The number of carbonyl (C=O) groups excluding carboxylic acids is 1. The van der Waals surface area contributed by atoms with Gasteiger partial charge < -0.3 is 10.2 Å². The first-order valence-corrected chi connectivity index (χ1v) is 10.8. The van der Waals surface area contributed by atoms with Crippen molar-refractivity contribution in [3.8, 4) is 0 Å². The number of benzene rings is 1. The first kappa shape index (κ1) is 21.0. The number of anilines is 2. The van der Waals surface area contributed by atoms with Gasteiger partial charge in [-0.15, -0.1) is 0 Å². The Bertz CT molecular complexity index is 1000. The number of piperidine rings is 1. The van der Waals surface area contributed by atoms with Crippen LogP contribution in [0, 0.1) is 5.92 Å². The maximum Gasteiger partial charge on any atom is 0.228 e. The van der Waals surface area contributed by atoms with Crippen molar-refractivity contribution in [2.24, 2.45) is 5.92 Å². The van der Waals surface area contributed by atoms with E-state index in [0.717, 1.165) is 48.8 Å². The zero-order valence-corrected chi connectivity index (χ0v) is 18.5. The second-order valence-corrected chi connectivity index (χ2v) is 9.12. The molecule has 0 saturated carbocycles. The van der Waals surface area contributed by atoms with Gasteiger partial charge in [-0.3, -0.25) is 9.78 Å². The van der Waals surface area contributed by atoms with Crippen molar-refractivity contribution in [2.45, 2.75) is 45.6 Å². The SMILES string of the molecule is CC(C)(C)c1cc(NC(=O)C2CCN(c3cnccn3)CC2)n(Cc2ccccc2)n1. The molecule has 31 heavy (non-hydrogen) atoms. The second-order valence-electron chi connectivity index (χ2n) is 9.12. The van der Waals surface area contributed by atoms with E-state index in [1.807, 2.05) is 28.9 Å². The maximum atomic E-state index is 13.1. The highest BCUT2D eigenvalue weighted by atomic mass is 16.2. The predicted octanol–water partition coefficient (Wildman–Crippen LogP) is 3.87. The van der Waals surface area contributed by atoms with E-state index in [-0.39, 0.29) is 17.2 Å². The number of amides is 1. The van der Waals surface area contributed by atoms with Gasteiger partial charge in [0.1, 0.15) is 11.6 Å². The zero-order valence-electron chi connectivity index (χ0n) is 18.5. The average molecular weight is 419 g/mol. The van der Waals surface area contributed by atoms with Crippen LogP contribution in [0.5, 0.6) is 0 Å². The van der Waals surface area contributed by atoms with E-state index in [1.54, 1.807) is 18.6 Å². The van der Waals surface area contributed by atoms with Crippen molar-refractivity contribution in [3.63, 3.8) is 0 Å². The Morgan fingerprint density at radius 2 is 1.87 bits per heavy atom. The summed E-state index contributed by atoms with van der Waals surface area (Å²) < 4.78 is 1.91. The fourth-order valence-electron chi connectivity index (χ4n) is 3.81. The molecule has 0 unspecified atom stereocenters. The molecule has 0 bridgehead atoms. The molecule has 1 aliphatic heterocycles. The molecule has 3 aromatic rings. The van der Waals surface area contributed by atoms with Crippen LogP contribution in [0.4, 0.5) is 11.6 Å². The molecule has 1 aromatic carbocycles. The van der Waals surface area contributed by atoms with Gasteiger partial charge in [0.25, 0.3) is 0 Å². The van der Waals surface area contributed by atoms with Gasteiger partial charge in [-0.1, -0.05) is 51.1 Å². The Hall–Kier alpha value is -3.22. The third-order valence-corrected chi connectivity index (χ3v) is 5.71. The summed E-state index contributed by atoms with van der Waals surface area (Å²) in [5.41, 5.74) is 2.03. The molecule has 1 fully saturated rings. The smallest absolute Gasteiger partial charge is 0.228 e. The number of rotatable bonds is 5. The molecule has 0 spiro atoms. The molecule has 1 N–H and O–H groups in total. The molecular formula is C24H30N6O. The lowest BCUT2D eigenvalue weighted by Gasteiger charge is -2.31. The molecule has 0 aliphatic carbocycles. The van der Waals surface area contributed by atoms with E-state index in [4.69, 9.17) is 5.10 Å². The van der Waals surface area contributed by atoms with Crippen LogP contribution in [0.1, 0.15) is 44.9 Å². The van der Waals surface area contributed by atoms with Crippen LogP contribution in [0.3, 0.4) is 0 Å². The van der Waals surface area contributed by atoms with Crippen molar-refractivity contribution in [1.29, 1.82) is 0 Å². The van der Waals surface area contributed by atoms with Crippen molar-refractivity contribution >= 4 is 17.5 Å². The Balaban J connectivity index is 1.45. The van der Waals surface area contributed by atoms with Gasteiger partial charge in [-0.05, 0) is 18.4 Å². The topological polar surface area (TPSA) is 75.9 Å². The minimum Gasteiger partial charge on any atom is -0.355 e. The molecule has 1 saturated heterocycles. The number of carbonyl (C=O) groups is 1. The third kappa shape index (κ3) is 5.10. The van der Waals surface area contributed by atoms with E-state index in [9.17, 15) is 4.79 Å². The number of aromatic nitrogens is 4. The summed E-state index contributed by atoms with van der Waals surface area (Å²) in [4.78, 5) is 23.8. The van der Waals surface area contributed by atoms with Crippen LogP contribution in [-0.4, -0.2) is 38.7 Å². The summed E-state index contributed by atoms with van der Waals surface area (Å²) in [6.45, 7) is 8.63. The summed E-state index contributed by atoms with van der Waals surface area (Å²) in [5, 5.41) is 7.97. The summed E-state index contributed by atoms with van der Waals surface area (Å²) in [5.74, 6) is 1.67. The second kappa shape index (κ2) is 8.88. The van der Waals surface area contributed by atoms with Gasteiger partial charge in [0.15, 0.2) is 0 Å². The largest absolute Gasteiger partial charge is 0.355 e. The fourth-order valence-corrected chi connectivity index (χ4v) is 3.81. The van der Waals surface area contributed by atoms with Gasteiger partial charge >= 0.3 is 0 Å². The van der Waals surface area contributed by atoms with Crippen LogP contribution < -0.4 is 10.2 Å². The number of nitrogens with one attached hydrogen (secondary N) is 1. The molecule has 7 nitrogen and oxygen atoms in total.